The quantitative estimate of drug-likeness (QED) is 0.841. The molecule has 2 aromatic heterocycles. The van der Waals surface area contributed by atoms with Gasteiger partial charge in [0.15, 0.2) is 0 Å². The van der Waals surface area contributed by atoms with Gasteiger partial charge < -0.3 is 8.83 Å². The largest absolute Gasteiger partial charge is 0.411 e. The van der Waals surface area contributed by atoms with Crippen LogP contribution in [-0.4, -0.2) is 32.2 Å². The number of carbonyl (C=O) groups excluding carboxylic acids is 2. The third-order valence-corrected chi connectivity index (χ3v) is 6.19. The molecule has 136 valence electrons. The van der Waals surface area contributed by atoms with E-state index in [1.165, 1.54) is 12.8 Å². The molecular weight excluding hydrogens is 340 g/mol. The first-order chi connectivity index (χ1) is 12.6. The van der Waals surface area contributed by atoms with E-state index in [1.54, 1.807) is 0 Å². The van der Waals surface area contributed by atoms with Crippen LogP contribution < -0.4 is 10.6 Å². The molecular formula is C16H18N6O4. The van der Waals surface area contributed by atoms with Crippen molar-refractivity contribution in [3.63, 3.8) is 0 Å². The summed E-state index contributed by atoms with van der Waals surface area (Å²) in [6.07, 6.45) is 7.09. The summed E-state index contributed by atoms with van der Waals surface area (Å²) in [6.45, 7) is 0. The Kier molecular flexibility index (Phi) is 3.19. The first-order valence-corrected chi connectivity index (χ1v) is 8.72. The van der Waals surface area contributed by atoms with E-state index in [9.17, 15) is 9.59 Å². The van der Waals surface area contributed by atoms with Crippen molar-refractivity contribution >= 4 is 23.8 Å². The Morgan fingerprint density at radius 3 is 1.73 bits per heavy atom. The van der Waals surface area contributed by atoms with Crippen LogP contribution in [0.2, 0.25) is 0 Å². The van der Waals surface area contributed by atoms with Gasteiger partial charge in [0.2, 0.25) is 24.6 Å². The monoisotopic (exact) mass is 358 g/mol. The molecule has 4 saturated carbocycles. The number of amides is 2. The first-order valence-electron chi connectivity index (χ1n) is 8.72. The molecule has 0 spiro atoms. The van der Waals surface area contributed by atoms with E-state index in [1.807, 2.05) is 0 Å². The molecule has 4 aliphatic rings. The summed E-state index contributed by atoms with van der Waals surface area (Å²) < 4.78 is 10.1. The van der Waals surface area contributed by atoms with Crippen LogP contribution in [0.5, 0.6) is 0 Å². The van der Waals surface area contributed by atoms with Gasteiger partial charge in [-0.1, -0.05) is 10.2 Å². The van der Waals surface area contributed by atoms with Gasteiger partial charge in [-0.05, 0) is 50.4 Å². The number of nitrogens with zero attached hydrogens (tertiary/aromatic N) is 4. The van der Waals surface area contributed by atoms with Gasteiger partial charge in [0, 0.05) is 0 Å². The van der Waals surface area contributed by atoms with Crippen molar-refractivity contribution < 1.29 is 18.4 Å². The highest BCUT2D eigenvalue weighted by Gasteiger charge is 2.63. The average molecular weight is 358 g/mol. The predicted molar refractivity (Wildman–Crippen MR) is 85.4 cm³/mol. The van der Waals surface area contributed by atoms with Crippen LogP contribution in [0.15, 0.2) is 21.6 Å². The zero-order valence-electron chi connectivity index (χ0n) is 14.0. The van der Waals surface area contributed by atoms with Gasteiger partial charge in [-0.3, -0.25) is 20.2 Å². The summed E-state index contributed by atoms with van der Waals surface area (Å²) in [5, 5.41) is 20.1. The summed E-state index contributed by atoms with van der Waals surface area (Å²) in [6, 6.07) is 0.185. The number of aromatic nitrogens is 4. The second-order valence-corrected chi connectivity index (χ2v) is 7.92. The topological polar surface area (TPSA) is 136 Å². The van der Waals surface area contributed by atoms with Crippen LogP contribution in [0.25, 0.3) is 0 Å². The van der Waals surface area contributed by atoms with Crippen molar-refractivity contribution in [1.29, 1.82) is 0 Å². The van der Waals surface area contributed by atoms with Crippen LogP contribution >= 0.6 is 0 Å². The molecule has 0 unspecified atom stereocenters. The Labute approximate surface area is 148 Å². The van der Waals surface area contributed by atoms with Crippen LogP contribution in [-0.2, 0) is 9.59 Å². The molecule has 2 amide bonds. The van der Waals surface area contributed by atoms with Crippen molar-refractivity contribution in [2.75, 3.05) is 10.6 Å². The third kappa shape index (κ3) is 2.31. The van der Waals surface area contributed by atoms with Gasteiger partial charge in [0.25, 0.3) is 0 Å². The second-order valence-electron chi connectivity index (χ2n) is 7.92. The molecule has 10 heteroatoms. The van der Waals surface area contributed by atoms with Crippen LogP contribution in [0.3, 0.4) is 0 Å². The van der Waals surface area contributed by atoms with E-state index in [0.29, 0.717) is 18.3 Å². The number of anilines is 2. The van der Waals surface area contributed by atoms with Gasteiger partial charge in [-0.2, -0.15) is 0 Å². The fraction of sp³-hybridized carbons (Fsp3) is 0.625. The zero-order valence-corrected chi connectivity index (χ0v) is 14.0. The third-order valence-electron chi connectivity index (χ3n) is 6.19. The SMILES string of the molecule is O=C(Nc1nnco1)C12CC3CC(C1)CC(C(=O)Nc1nnco1)(C3)C2. The number of nitrogens with one attached hydrogen (secondary N) is 2. The van der Waals surface area contributed by atoms with E-state index in [4.69, 9.17) is 8.83 Å². The molecule has 26 heavy (non-hydrogen) atoms. The summed E-state index contributed by atoms with van der Waals surface area (Å²) >= 11 is 0. The lowest BCUT2D eigenvalue weighted by Crippen LogP contribution is -2.59. The van der Waals surface area contributed by atoms with Crippen LogP contribution in [0, 0.1) is 22.7 Å². The van der Waals surface area contributed by atoms with E-state index in [2.05, 4.69) is 31.0 Å². The highest BCUT2D eigenvalue weighted by molar-refractivity contribution is 5.98. The molecule has 4 fully saturated rings. The minimum Gasteiger partial charge on any atom is -0.411 e. The molecule has 10 nitrogen and oxygen atoms in total. The Balaban J connectivity index is 1.42. The van der Waals surface area contributed by atoms with Crippen molar-refractivity contribution in [3.8, 4) is 0 Å². The van der Waals surface area contributed by atoms with Gasteiger partial charge in [0.1, 0.15) is 0 Å². The highest BCUT2D eigenvalue weighted by Crippen LogP contribution is 2.65. The van der Waals surface area contributed by atoms with Gasteiger partial charge in [-0.15, -0.1) is 10.2 Å². The number of carbonyl (C=O) groups is 2. The average Bonchev–Trinajstić information content (AvgIpc) is 3.27. The van der Waals surface area contributed by atoms with Crippen molar-refractivity contribution in [2.45, 2.75) is 38.5 Å². The molecule has 2 aromatic rings. The molecule has 0 aliphatic heterocycles. The maximum absolute atomic E-state index is 13.0. The Hall–Kier alpha value is -2.78. The lowest BCUT2D eigenvalue weighted by molar-refractivity contribution is -0.161. The molecule has 0 atom stereocenters. The zero-order chi connectivity index (χ0) is 17.8. The molecule has 4 aliphatic carbocycles. The maximum atomic E-state index is 13.0. The Bertz CT molecular complexity index is 753. The Morgan fingerprint density at radius 1 is 0.885 bits per heavy atom. The van der Waals surface area contributed by atoms with Gasteiger partial charge in [0.05, 0.1) is 10.8 Å². The van der Waals surface area contributed by atoms with Crippen molar-refractivity contribution in [1.82, 2.24) is 20.4 Å². The molecule has 0 aromatic carbocycles. The molecule has 2 heterocycles. The smallest absolute Gasteiger partial charge is 0.322 e. The van der Waals surface area contributed by atoms with Crippen molar-refractivity contribution in [2.24, 2.45) is 22.7 Å². The van der Waals surface area contributed by atoms with Crippen LogP contribution in [0.4, 0.5) is 12.0 Å². The number of hydrogen-bond acceptors (Lipinski definition) is 8. The molecule has 0 radical (unpaired) electrons. The number of rotatable bonds is 4. The molecule has 6 rings (SSSR count). The molecule has 4 bridgehead atoms. The van der Waals surface area contributed by atoms with Crippen molar-refractivity contribution in [3.05, 3.63) is 12.8 Å². The maximum Gasteiger partial charge on any atom is 0.322 e. The van der Waals surface area contributed by atoms with Gasteiger partial charge in [-0.25, -0.2) is 0 Å². The number of hydrogen-bond donors (Lipinski definition) is 2. The first kappa shape index (κ1) is 15.5. The lowest BCUT2D eigenvalue weighted by atomic mass is 9.43. The second kappa shape index (κ2) is 5.36. The van der Waals surface area contributed by atoms with E-state index in [0.717, 1.165) is 32.1 Å². The fourth-order valence-corrected chi connectivity index (χ4v) is 5.71. The summed E-state index contributed by atoms with van der Waals surface area (Å²) in [7, 11) is 0. The van der Waals surface area contributed by atoms with Crippen LogP contribution in [0.1, 0.15) is 38.5 Å². The normalized spacial score (nSPS) is 34.6. The Morgan fingerprint density at radius 2 is 1.35 bits per heavy atom. The van der Waals surface area contributed by atoms with Gasteiger partial charge >= 0.3 is 12.0 Å². The van der Waals surface area contributed by atoms with E-state index >= 15 is 0 Å². The fourth-order valence-electron chi connectivity index (χ4n) is 5.71. The minimum atomic E-state index is -0.579. The molecule has 2 N–H and O–H groups in total. The predicted octanol–water partition coefficient (Wildman–Crippen LogP) is 1.62. The summed E-state index contributed by atoms with van der Waals surface area (Å²) in [5.41, 5.74) is -1.16. The standard InChI is InChI=1S/C16H18N6O4/c23-11(19-13-21-17-7-25-13)15-2-9-1-10(4-15)5-16(3-9,6-15)12(24)20-14-22-18-8-26-14/h7-10H,1-6H2,(H,19,21,23)(H,20,22,24). The summed E-state index contributed by atoms with van der Waals surface area (Å²) in [5.74, 6) is 0.452. The highest BCUT2D eigenvalue weighted by atomic mass is 16.4. The minimum absolute atomic E-state index is 0.0927. The lowest BCUT2D eigenvalue weighted by Gasteiger charge is -2.60. The van der Waals surface area contributed by atoms with E-state index < -0.39 is 10.8 Å². The van der Waals surface area contributed by atoms with E-state index in [-0.39, 0.29) is 23.8 Å². The summed E-state index contributed by atoms with van der Waals surface area (Å²) in [4.78, 5) is 26.1. The molecule has 0 saturated heterocycles.